The third-order valence-electron chi connectivity index (χ3n) is 4.11. The van der Waals surface area contributed by atoms with E-state index in [0.717, 1.165) is 23.5 Å². The van der Waals surface area contributed by atoms with Gasteiger partial charge in [-0.3, -0.25) is 4.79 Å². The van der Waals surface area contributed by atoms with Gasteiger partial charge in [-0.05, 0) is 51.1 Å². The molecule has 0 saturated heterocycles. The molecule has 126 valence electrons. The fraction of sp³-hybridized carbons (Fsp3) is 0.350. The Kier molecular flexibility index (Phi) is 4.47. The van der Waals surface area contributed by atoms with Crippen molar-refractivity contribution in [1.29, 1.82) is 0 Å². The van der Waals surface area contributed by atoms with Crippen molar-refractivity contribution in [2.24, 2.45) is 0 Å². The zero-order valence-corrected chi connectivity index (χ0v) is 14.3. The van der Waals surface area contributed by atoms with Crippen LogP contribution < -0.4 is 14.8 Å². The van der Waals surface area contributed by atoms with Crippen LogP contribution in [0, 0.1) is 0 Å². The van der Waals surface area contributed by atoms with E-state index in [1.807, 2.05) is 57.2 Å². The maximum atomic E-state index is 12.6. The van der Waals surface area contributed by atoms with Crippen molar-refractivity contribution in [3.63, 3.8) is 0 Å². The topological polar surface area (TPSA) is 47.6 Å². The van der Waals surface area contributed by atoms with Crippen molar-refractivity contribution < 1.29 is 14.3 Å². The molecule has 0 radical (unpaired) electrons. The van der Waals surface area contributed by atoms with Gasteiger partial charge >= 0.3 is 0 Å². The van der Waals surface area contributed by atoms with Gasteiger partial charge in [-0.2, -0.15) is 0 Å². The number of benzene rings is 2. The average Bonchev–Trinajstić information content (AvgIpc) is 2.54. The molecule has 3 rings (SSSR count). The van der Waals surface area contributed by atoms with Crippen molar-refractivity contribution in [3.8, 4) is 11.5 Å². The van der Waals surface area contributed by atoms with Crippen LogP contribution in [-0.2, 0) is 0 Å². The second-order valence-corrected chi connectivity index (χ2v) is 6.59. The van der Waals surface area contributed by atoms with E-state index in [9.17, 15) is 4.79 Å². The minimum Gasteiger partial charge on any atom is -0.494 e. The van der Waals surface area contributed by atoms with E-state index >= 15 is 0 Å². The molecule has 2 aromatic rings. The lowest BCUT2D eigenvalue weighted by Crippen LogP contribution is -2.41. The summed E-state index contributed by atoms with van der Waals surface area (Å²) >= 11 is 0. The third kappa shape index (κ3) is 3.53. The van der Waals surface area contributed by atoms with Crippen molar-refractivity contribution >= 4 is 5.91 Å². The zero-order valence-electron chi connectivity index (χ0n) is 14.3. The molecule has 0 bridgehead atoms. The molecular formula is C20H23NO3. The Labute approximate surface area is 142 Å². The number of para-hydroxylation sites is 1. The molecule has 0 spiro atoms. The molecule has 0 fully saturated rings. The van der Waals surface area contributed by atoms with Gasteiger partial charge in [0.2, 0.25) is 0 Å². The number of hydrogen-bond donors (Lipinski definition) is 1. The first-order chi connectivity index (χ1) is 11.5. The summed E-state index contributed by atoms with van der Waals surface area (Å²) in [6, 6.07) is 15.0. The first-order valence-corrected chi connectivity index (χ1v) is 8.30. The summed E-state index contributed by atoms with van der Waals surface area (Å²) < 4.78 is 11.4. The Morgan fingerprint density at radius 1 is 1.21 bits per heavy atom. The molecule has 4 heteroatoms. The normalized spacial score (nSPS) is 18.2. The molecular weight excluding hydrogens is 302 g/mol. The minimum absolute atomic E-state index is 0.0657. The smallest absolute Gasteiger partial charge is 0.251 e. The van der Waals surface area contributed by atoms with Gasteiger partial charge in [0, 0.05) is 17.5 Å². The maximum absolute atomic E-state index is 12.6. The molecule has 24 heavy (non-hydrogen) atoms. The molecule has 1 atom stereocenters. The van der Waals surface area contributed by atoms with Gasteiger partial charge in [0.15, 0.2) is 0 Å². The second-order valence-electron chi connectivity index (χ2n) is 6.59. The van der Waals surface area contributed by atoms with E-state index in [1.165, 1.54) is 0 Å². The summed E-state index contributed by atoms with van der Waals surface area (Å²) in [6.07, 6.45) is 0.729. The van der Waals surface area contributed by atoms with E-state index in [-0.39, 0.29) is 17.6 Å². The Bertz CT molecular complexity index is 722. The summed E-state index contributed by atoms with van der Waals surface area (Å²) in [5.74, 6) is 1.52. The van der Waals surface area contributed by atoms with Crippen LogP contribution in [0.15, 0.2) is 48.5 Å². The van der Waals surface area contributed by atoms with Crippen molar-refractivity contribution in [1.82, 2.24) is 5.32 Å². The largest absolute Gasteiger partial charge is 0.494 e. The Morgan fingerprint density at radius 2 is 1.92 bits per heavy atom. The lowest BCUT2D eigenvalue weighted by Gasteiger charge is -2.37. The van der Waals surface area contributed by atoms with Crippen LogP contribution in [0.5, 0.6) is 11.5 Å². The van der Waals surface area contributed by atoms with E-state index in [1.54, 1.807) is 12.1 Å². The molecule has 1 N–H and O–H groups in total. The number of amides is 1. The maximum Gasteiger partial charge on any atom is 0.251 e. The molecule has 1 aliphatic heterocycles. The van der Waals surface area contributed by atoms with Crippen LogP contribution in [0.1, 0.15) is 49.2 Å². The van der Waals surface area contributed by atoms with E-state index < -0.39 is 0 Å². The number of rotatable bonds is 4. The van der Waals surface area contributed by atoms with Crippen LogP contribution in [0.25, 0.3) is 0 Å². The van der Waals surface area contributed by atoms with Gasteiger partial charge in [-0.1, -0.05) is 18.2 Å². The van der Waals surface area contributed by atoms with E-state index in [2.05, 4.69) is 5.32 Å². The fourth-order valence-electron chi connectivity index (χ4n) is 3.04. The first kappa shape index (κ1) is 16.4. The molecule has 0 saturated carbocycles. The van der Waals surface area contributed by atoms with Gasteiger partial charge < -0.3 is 14.8 Å². The van der Waals surface area contributed by atoms with Crippen molar-refractivity contribution in [3.05, 3.63) is 59.7 Å². The van der Waals surface area contributed by atoms with Crippen LogP contribution >= 0.6 is 0 Å². The highest BCUT2D eigenvalue weighted by molar-refractivity contribution is 5.94. The quantitative estimate of drug-likeness (QED) is 0.920. The lowest BCUT2D eigenvalue weighted by atomic mass is 9.89. The lowest BCUT2D eigenvalue weighted by molar-refractivity contribution is 0.0620. The summed E-state index contributed by atoms with van der Waals surface area (Å²) in [5.41, 5.74) is 1.34. The van der Waals surface area contributed by atoms with Gasteiger partial charge in [0.25, 0.3) is 5.91 Å². The number of nitrogens with one attached hydrogen (secondary N) is 1. The summed E-state index contributed by atoms with van der Waals surface area (Å²) in [4.78, 5) is 12.6. The van der Waals surface area contributed by atoms with Crippen molar-refractivity contribution in [2.75, 3.05) is 6.61 Å². The average molecular weight is 325 g/mol. The molecule has 0 aromatic heterocycles. The predicted molar refractivity (Wildman–Crippen MR) is 93.6 cm³/mol. The highest BCUT2D eigenvalue weighted by Crippen LogP contribution is 2.39. The fourth-order valence-corrected chi connectivity index (χ4v) is 3.04. The Hall–Kier alpha value is -2.49. The Balaban J connectivity index is 1.78. The number of carbonyl (C=O) groups excluding carboxylic acids is 1. The van der Waals surface area contributed by atoms with E-state index in [0.29, 0.717) is 12.2 Å². The van der Waals surface area contributed by atoms with Crippen LogP contribution in [0.3, 0.4) is 0 Å². The number of hydrogen-bond acceptors (Lipinski definition) is 3. The third-order valence-corrected chi connectivity index (χ3v) is 4.11. The molecule has 1 heterocycles. The summed E-state index contributed by atoms with van der Waals surface area (Å²) in [6.45, 7) is 6.63. The van der Waals surface area contributed by atoms with E-state index in [4.69, 9.17) is 9.47 Å². The molecule has 1 unspecified atom stereocenters. The standard InChI is InChI=1S/C20H23NO3/c1-4-23-15-11-9-14(10-12-15)19(22)21-17-13-20(2,3)24-18-8-6-5-7-16(17)18/h5-12,17H,4,13H2,1-3H3,(H,21,22). The molecule has 1 amide bonds. The summed E-state index contributed by atoms with van der Waals surface area (Å²) in [7, 11) is 0. The van der Waals surface area contributed by atoms with Gasteiger partial charge in [0.1, 0.15) is 17.1 Å². The SMILES string of the molecule is CCOc1ccc(C(=O)NC2CC(C)(C)Oc3ccccc32)cc1. The second kappa shape index (κ2) is 6.56. The monoisotopic (exact) mass is 325 g/mol. The van der Waals surface area contributed by atoms with Crippen molar-refractivity contribution in [2.45, 2.75) is 38.8 Å². The molecule has 1 aliphatic rings. The number of fused-ring (bicyclic) bond motifs is 1. The molecule has 2 aromatic carbocycles. The number of ether oxygens (including phenoxy) is 2. The first-order valence-electron chi connectivity index (χ1n) is 8.30. The highest BCUT2D eigenvalue weighted by atomic mass is 16.5. The van der Waals surface area contributed by atoms with Crippen LogP contribution in [0.2, 0.25) is 0 Å². The zero-order chi connectivity index (χ0) is 17.2. The van der Waals surface area contributed by atoms with Crippen LogP contribution in [0.4, 0.5) is 0 Å². The Morgan fingerprint density at radius 3 is 2.62 bits per heavy atom. The summed E-state index contributed by atoms with van der Waals surface area (Å²) in [5, 5.41) is 3.14. The highest BCUT2D eigenvalue weighted by Gasteiger charge is 2.34. The molecule has 4 nitrogen and oxygen atoms in total. The van der Waals surface area contributed by atoms with Crippen LogP contribution in [-0.4, -0.2) is 18.1 Å². The van der Waals surface area contributed by atoms with Gasteiger partial charge in [-0.25, -0.2) is 0 Å². The predicted octanol–water partition coefficient (Wildman–Crippen LogP) is 4.12. The van der Waals surface area contributed by atoms with Gasteiger partial charge in [-0.15, -0.1) is 0 Å². The molecule has 0 aliphatic carbocycles. The number of carbonyl (C=O) groups is 1. The van der Waals surface area contributed by atoms with Gasteiger partial charge in [0.05, 0.1) is 12.6 Å². The minimum atomic E-state index is -0.314.